The van der Waals surface area contributed by atoms with Crippen LogP contribution in [0.15, 0.2) is 0 Å². The highest BCUT2D eigenvalue weighted by Gasteiger charge is 2.38. The molecule has 0 bridgehead atoms. The number of nitrogens with one attached hydrogen (secondary N) is 1. The quantitative estimate of drug-likeness (QED) is 0.0925. The second kappa shape index (κ2) is 16.7. The van der Waals surface area contributed by atoms with Crippen LogP contribution in [0.1, 0.15) is 71.1 Å². The molecule has 0 saturated heterocycles. The minimum atomic E-state index is -5.26. The number of hydrogen-bond donors (Lipinski definition) is 6. The fraction of sp³-hybridized carbons (Fsp3) is 0.944. The predicted molar refractivity (Wildman–Crippen MR) is 117 cm³/mol. The molecule has 0 rings (SSSR count). The van der Waals surface area contributed by atoms with Gasteiger partial charge in [-0.1, -0.05) is 64.7 Å². The van der Waals surface area contributed by atoms with Gasteiger partial charge in [-0.05, 0) is 6.42 Å². The third kappa shape index (κ3) is 17.2. The Bertz CT molecular complexity index is 744. The van der Waals surface area contributed by atoms with Gasteiger partial charge in [0.25, 0.3) is 5.91 Å². The minimum absolute atomic E-state index is 0.187. The van der Waals surface area contributed by atoms with Crippen molar-refractivity contribution in [2.75, 3.05) is 13.2 Å². The summed E-state index contributed by atoms with van der Waals surface area (Å²) in [5, 5.41) is 32.2. The van der Waals surface area contributed by atoms with Crippen molar-refractivity contribution in [3.63, 3.8) is 0 Å². The smallest absolute Gasteiger partial charge is 0.387 e. The standard InChI is InChI=1S/C18H37NO12S2/c1-2-3-4-5-6-7-8-9-10-11-12-19-18(23)17(22)16(21)15(20)14(31-33(27,28)29)13-30-32(24,25)26/h14-17,20-22H,2-13H2,1H3,(H,19,23)(H,24,25,26)(H,27,28,29)/t14-,15-,16+,17-/m1/s1. The summed E-state index contributed by atoms with van der Waals surface area (Å²) in [4.78, 5) is 12.0. The number of amides is 1. The summed E-state index contributed by atoms with van der Waals surface area (Å²) >= 11 is 0. The van der Waals surface area contributed by atoms with Gasteiger partial charge >= 0.3 is 20.8 Å². The first kappa shape index (κ1) is 32.1. The van der Waals surface area contributed by atoms with Gasteiger partial charge < -0.3 is 20.6 Å². The Kier molecular flexibility index (Phi) is 16.2. The molecule has 0 fully saturated rings. The fourth-order valence-corrected chi connectivity index (χ4v) is 3.77. The van der Waals surface area contributed by atoms with Crippen molar-refractivity contribution in [2.24, 2.45) is 0 Å². The van der Waals surface area contributed by atoms with Gasteiger partial charge in [0.05, 0.1) is 6.61 Å². The van der Waals surface area contributed by atoms with Crippen LogP contribution in [0.3, 0.4) is 0 Å². The molecule has 0 aliphatic carbocycles. The van der Waals surface area contributed by atoms with E-state index in [9.17, 15) is 36.9 Å². The summed E-state index contributed by atoms with van der Waals surface area (Å²) < 4.78 is 68.1. The second-order valence-electron chi connectivity index (χ2n) is 7.67. The van der Waals surface area contributed by atoms with Crippen molar-refractivity contribution in [2.45, 2.75) is 95.5 Å². The number of unbranched alkanes of at least 4 members (excludes halogenated alkanes) is 9. The Morgan fingerprint density at radius 1 is 0.788 bits per heavy atom. The van der Waals surface area contributed by atoms with Crippen LogP contribution in [-0.2, 0) is 34.0 Å². The molecule has 4 atom stereocenters. The zero-order chi connectivity index (χ0) is 25.5. The molecule has 33 heavy (non-hydrogen) atoms. The number of aliphatic hydroxyl groups excluding tert-OH is 3. The molecule has 6 N–H and O–H groups in total. The molecule has 0 unspecified atom stereocenters. The van der Waals surface area contributed by atoms with E-state index >= 15 is 0 Å². The molecule has 0 saturated carbocycles. The molecule has 0 aliphatic heterocycles. The van der Waals surface area contributed by atoms with Crippen molar-refractivity contribution < 1.29 is 54.4 Å². The maximum absolute atomic E-state index is 12.0. The molecule has 0 aromatic rings. The molecular weight excluding hydrogens is 486 g/mol. The molecule has 0 aromatic heterocycles. The maximum Gasteiger partial charge on any atom is 0.397 e. The van der Waals surface area contributed by atoms with E-state index in [-0.39, 0.29) is 6.54 Å². The summed E-state index contributed by atoms with van der Waals surface area (Å²) in [5.41, 5.74) is 0. The van der Waals surface area contributed by atoms with Crippen molar-refractivity contribution in [1.29, 1.82) is 0 Å². The predicted octanol–water partition coefficient (Wildman–Crippen LogP) is 0.114. The topological polar surface area (TPSA) is 217 Å². The van der Waals surface area contributed by atoms with E-state index in [0.29, 0.717) is 6.42 Å². The van der Waals surface area contributed by atoms with Gasteiger partial charge in [0.1, 0.15) is 18.3 Å². The first-order valence-electron chi connectivity index (χ1n) is 10.9. The SMILES string of the molecule is CCCCCCCCCCCCNC(=O)[C@H](O)[C@@H](O)[C@H](O)[C@@H](COS(=O)(=O)O)OS(=O)(=O)O. The van der Waals surface area contributed by atoms with Crippen LogP contribution in [0, 0.1) is 0 Å². The van der Waals surface area contributed by atoms with Gasteiger partial charge in [-0.15, -0.1) is 0 Å². The van der Waals surface area contributed by atoms with E-state index < -0.39 is 57.7 Å². The monoisotopic (exact) mass is 523 g/mol. The van der Waals surface area contributed by atoms with Crippen LogP contribution >= 0.6 is 0 Å². The van der Waals surface area contributed by atoms with Crippen LogP contribution in [0.4, 0.5) is 0 Å². The highest BCUT2D eigenvalue weighted by molar-refractivity contribution is 7.81. The molecule has 0 aromatic carbocycles. The molecule has 198 valence electrons. The van der Waals surface area contributed by atoms with E-state index in [1.54, 1.807) is 0 Å². The lowest BCUT2D eigenvalue weighted by atomic mass is 10.0. The number of aliphatic hydroxyl groups is 3. The largest absolute Gasteiger partial charge is 0.397 e. The Morgan fingerprint density at radius 3 is 1.73 bits per heavy atom. The average molecular weight is 524 g/mol. The van der Waals surface area contributed by atoms with E-state index in [1.165, 1.54) is 32.1 Å². The Balaban J connectivity index is 4.40. The number of carbonyl (C=O) groups is 1. The molecule has 13 nitrogen and oxygen atoms in total. The summed E-state index contributed by atoms with van der Waals surface area (Å²) in [6.07, 6.45) is 1.55. The van der Waals surface area contributed by atoms with E-state index in [0.717, 1.165) is 25.7 Å². The van der Waals surface area contributed by atoms with Gasteiger partial charge in [-0.3, -0.25) is 13.9 Å². The summed E-state index contributed by atoms with van der Waals surface area (Å²) in [5.74, 6) is -1.07. The highest BCUT2D eigenvalue weighted by atomic mass is 32.3. The van der Waals surface area contributed by atoms with Crippen LogP contribution in [0.5, 0.6) is 0 Å². The molecule has 0 spiro atoms. The van der Waals surface area contributed by atoms with Gasteiger partial charge in [0.2, 0.25) is 0 Å². The zero-order valence-electron chi connectivity index (χ0n) is 18.7. The molecule has 0 aliphatic rings. The Morgan fingerprint density at radius 2 is 1.27 bits per heavy atom. The first-order valence-corrected chi connectivity index (χ1v) is 13.6. The minimum Gasteiger partial charge on any atom is -0.387 e. The van der Waals surface area contributed by atoms with Crippen molar-refractivity contribution in [1.82, 2.24) is 5.32 Å². The van der Waals surface area contributed by atoms with Crippen LogP contribution in [-0.4, -0.2) is 84.7 Å². The molecule has 15 heteroatoms. The van der Waals surface area contributed by atoms with E-state index in [4.69, 9.17) is 9.11 Å². The third-order valence-corrected chi connectivity index (χ3v) is 5.70. The maximum atomic E-state index is 12.0. The normalized spacial score (nSPS) is 16.2. The van der Waals surface area contributed by atoms with Gasteiger partial charge in [0, 0.05) is 6.54 Å². The molecule has 0 radical (unpaired) electrons. The van der Waals surface area contributed by atoms with Gasteiger partial charge in [-0.2, -0.15) is 16.8 Å². The molecular formula is C18H37NO12S2. The molecule has 0 heterocycles. The Labute approximate surface area is 195 Å². The number of carbonyl (C=O) groups excluding carboxylic acids is 1. The van der Waals surface area contributed by atoms with E-state index in [2.05, 4.69) is 20.6 Å². The fourth-order valence-electron chi connectivity index (χ4n) is 2.98. The lowest BCUT2D eigenvalue weighted by Crippen LogP contribution is -2.53. The van der Waals surface area contributed by atoms with E-state index in [1.807, 2.05) is 0 Å². The van der Waals surface area contributed by atoms with Crippen LogP contribution in [0.2, 0.25) is 0 Å². The van der Waals surface area contributed by atoms with Crippen molar-refractivity contribution in [3.05, 3.63) is 0 Å². The van der Waals surface area contributed by atoms with Crippen LogP contribution < -0.4 is 5.32 Å². The summed E-state index contributed by atoms with van der Waals surface area (Å²) in [7, 11) is -10.3. The second-order valence-corrected chi connectivity index (χ2v) is 9.81. The third-order valence-electron chi connectivity index (χ3n) is 4.78. The average Bonchev–Trinajstić information content (AvgIpc) is 2.71. The van der Waals surface area contributed by atoms with Crippen LogP contribution in [0.25, 0.3) is 0 Å². The Hall–Kier alpha value is -0.910. The zero-order valence-corrected chi connectivity index (χ0v) is 20.3. The highest BCUT2D eigenvalue weighted by Crippen LogP contribution is 2.13. The summed E-state index contributed by atoms with van der Waals surface area (Å²) in [6.45, 7) is 0.994. The lowest BCUT2D eigenvalue weighted by molar-refractivity contribution is -0.146. The molecule has 1 amide bonds. The van der Waals surface area contributed by atoms with Gasteiger partial charge in [0.15, 0.2) is 6.10 Å². The van der Waals surface area contributed by atoms with Crippen molar-refractivity contribution in [3.8, 4) is 0 Å². The lowest BCUT2D eigenvalue weighted by Gasteiger charge is -2.27. The summed E-state index contributed by atoms with van der Waals surface area (Å²) in [6, 6.07) is 0. The number of rotatable bonds is 20. The van der Waals surface area contributed by atoms with Crippen molar-refractivity contribution >= 4 is 26.7 Å². The van der Waals surface area contributed by atoms with Gasteiger partial charge in [-0.25, -0.2) is 8.37 Å². The first-order chi connectivity index (χ1) is 15.3. The number of hydrogen-bond acceptors (Lipinski definition) is 10.